The molecule has 0 aliphatic carbocycles. The summed E-state index contributed by atoms with van der Waals surface area (Å²) in [5.74, 6) is -1.10. The summed E-state index contributed by atoms with van der Waals surface area (Å²) in [6, 6.07) is 15.1. The average molecular weight is 580 g/mol. The van der Waals surface area contributed by atoms with Gasteiger partial charge in [0.15, 0.2) is 0 Å². The van der Waals surface area contributed by atoms with Gasteiger partial charge in [0.1, 0.15) is 11.8 Å². The molecule has 3 saturated heterocycles. The van der Waals surface area contributed by atoms with Crippen LogP contribution in [0, 0.1) is 17.8 Å². The summed E-state index contributed by atoms with van der Waals surface area (Å²) in [5, 5.41) is 16.7. The van der Waals surface area contributed by atoms with Crippen LogP contribution in [-0.4, -0.2) is 63.5 Å². The van der Waals surface area contributed by atoms with Crippen LogP contribution in [0.1, 0.15) is 58.1 Å². The Hall–Kier alpha value is -3.04. The number of nitrogens with zero attached hydrogens (tertiary/aromatic N) is 1. The number of nitrogens with one attached hydrogen (secondary N) is 2. The Morgan fingerprint density at radius 1 is 1.10 bits per heavy atom. The molecule has 3 amide bonds. The summed E-state index contributed by atoms with van der Waals surface area (Å²) >= 11 is 1.64. The molecule has 2 aromatic carbocycles. The van der Waals surface area contributed by atoms with Crippen molar-refractivity contribution in [1.82, 2.24) is 10.2 Å². The fourth-order valence-corrected chi connectivity index (χ4v) is 9.54. The molecule has 41 heavy (non-hydrogen) atoms. The van der Waals surface area contributed by atoms with Gasteiger partial charge >= 0.3 is 0 Å². The molecule has 0 saturated carbocycles. The molecule has 2 aromatic rings. The number of rotatable bonds is 12. The van der Waals surface area contributed by atoms with Crippen molar-refractivity contribution in [3.8, 4) is 5.75 Å². The molecule has 3 N–H and O–H groups in total. The molecule has 1 spiro atoms. The first-order chi connectivity index (χ1) is 19.9. The molecule has 0 radical (unpaired) electrons. The van der Waals surface area contributed by atoms with Gasteiger partial charge in [-0.05, 0) is 55.5 Å². The van der Waals surface area contributed by atoms with E-state index in [0.717, 1.165) is 37.0 Å². The molecule has 7 atom stereocenters. The van der Waals surface area contributed by atoms with Crippen LogP contribution in [0.15, 0.2) is 54.6 Å². The number of aliphatic hydroxyl groups excluding tert-OH is 1. The van der Waals surface area contributed by atoms with Crippen molar-refractivity contribution in [3.63, 3.8) is 0 Å². The van der Waals surface area contributed by atoms with E-state index in [1.165, 1.54) is 0 Å². The number of fused-ring (bicyclic) bond motifs is 1. The van der Waals surface area contributed by atoms with Gasteiger partial charge in [-0.3, -0.25) is 14.4 Å². The highest BCUT2D eigenvalue weighted by molar-refractivity contribution is 8.02. The van der Waals surface area contributed by atoms with Crippen LogP contribution in [0.2, 0.25) is 0 Å². The molecule has 0 aromatic heterocycles. The van der Waals surface area contributed by atoms with Gasteiger partial charge in [0.2, 0.25) is 17.7 Å². The molecular weight excluding hydrogens is 538 g/mol. The van der Waals surface area contributed by atoms with Gasteiger partial charge in [-0.1, -0.05) is 57.0 Å². The smallest absolute Gasteiger partial charge is 0.244 e. The van der Waals surface area contributed by atoms with Gasteiger partial charge in [0.25, 0.3) is 0 Å². The van der Waals surface area contributed by atoms with E-state index in [-0.39, 0.29) is 35.5 Å². The summed E-state index contributed by atoms with van der Waals surface area (Å²) < 4.78 is 4.77. The van der Waals surface area contributed by atoms with Crippen molar-refractivity contribution in [2.45, 2.75) is 68.5 Å². The molecule has 5 rings (SSSR count). The van der Waals surface area contributed by atoms with Crippen LogP contribution >= 0.6 is 11.8 Å². The van der Waals surface area contributed by atoms with E-state index in [0.29, 0.717) is 18.8 Å². The second-order valence-corrected chi connectivity index (χ2v) is 12.9. The SMILES string of the molecule is CCCCCNC(=O)C1N([C@H](CO)c2ccccc2)C(=O)[C@@H]2[C@H](C(=O)Nc3ccc(OCC)cc3)[C@@H]3CC(C)C12S3. The molecule has 9 heteroatoms. The second kappa shape index (κ2) is 12.4. The fraction of sp³-hybridized carbons (Fsp3) is 0.531. The Morgan fingerprint density at radius 2 is 1.83 bits per heavy atom. The summed E-state index contributed by atoms with van der Waals surface area (Å²) in [6.45, 7) is 6.90. The minimum atomic E-state index is -0.785. The van der Waals surface area contributed by atoms with Gasteiger partial charge in [-0.2, -0.15) is 0 Å². The summed E-state index contributed by atoms with van der Waals surface area (Å²) in [7, 11) is 0. The standard InChI is InChI=1S/C32H41N3O5S/c1-4-6-10-17-33-30(38)28-32-20(3)18-25(41-32)26(29(37)34-22-13-15-23(16-14-22)40-5-2)27(32)31(39)35(28)24(19-36)21-11-8-7-9-12-21/h7-9,11-16,20,24-28,36H,4-6,10,17-19H2,1-3H3,(H,33,38)(H,34,37)/t20?,24-,25+,26-,27+,28?,32?/m1/s1. The van der Waals surface area contributed by atoms with Crippen LogP contribution in [0.4, 0.5) is 5.69 Å². The Kier molecular flexibility index (Phi) is 8.94. The van der Waals surface area contributed by atoms with Crippen LogP contribution < -0.4 is 15.4 Å². The number of carbonyl (C=O) groups excluding carboxylic acids is 3. The number of aliphatic hydroxyl groups is 1. The molecule has 3 heterocycles. The zero-order valence-corrected chi connectivity index (χ0v) is 24.9. The molecule has 3 unspecified atom stereocenters. The number of amides is 3. The summed E-state index contributed by atoms with van der Waals surface area (Å²) in [5.41, 5.74) is 1.41. The number of hydrogen-bond acceptors (Lipinski definition) is 6. The van der Waals surface area contributed by atoms with E-state index in [1.807, 2.05) is 49.4 Å². The van der Waals surface area contributed by atoms with Gasteiger partial charge in [-0.15, -0.1) is 11.8 Å². The Labute approximate surface area is 246 Å². The maximum atomic E-state index is 14.5. The highest BCUT2D eigenvalue weighted by Gasteiger charge is 2.76. The number of ether oxygens (including phenoxy) is 1. The van der Waals surface area contributed by atoms with E-state index >= 15 is 0 Å². The summed E-state index contributed by atoms with van der Waals surface area (Å²) in [6.07, 6.45) is 3.65. The van der Waals surface area contributed by atoms with Crippen molar-refractivity contribution in [2.24, 2.45) is 17.8 Å². The minimum absolute atomic E-state index is 0.0486. The third kappa shape index (κ3) is 5.23. The first-order valence-electron chi connectivity index (χ1n) is 14.8. The lowest BCUT2D eigenvalue weighted by Gasteiger charge is -2.40. The first kappa shape index (κ1) is 29.5. The Bertz CT molecular complexity index is 1240. The summed E-state index contributed by atoms with van der Waals surface area (Å²) in [4.78, 5) is 44.0. The van der Waals surface area contributed by atoms with Crippen LogP contribution in [0.5, 0.6) is 5.75 Å². The van der Waals surface area contributed by atoms with Gasteiger partial charge in [0, 0.05) is 17.5 Å². The molecule has 3 fully saturated rings. The predicted molar refractivity (Wildman–Crippen MR) is 161 cm³/mol. The second-order valence-electron chi connectivity index (χ2n) is 11.4. The number of benzene rings is 2. The van der Waals surface area contributed by atoms with Crippen molar-refractivity contribution < 1.29 is 24.2 Å². The van der Waals surface area contributed by atoms with Crippen molar-refractivity contribution in [2.75, 3.05) is 25.1 Å². The van der Waals surface area contributed by atoms with Crippen molar-refractivity contribution in [1.29, 1.82) is 0 Å². The van der Waals surface area contributed by atoms with Gasteiger partial charge in [-0.25, -0.2) is 0 Å². The average Bonchev–Trinajstić information content (AvgIpc) is 3.57. The van der Waals surface area contributed by atoms with Crippen molar-refractivity contribution in [3.05, 3.63) is 60.2 Å². The molecular formula is C32H41N3O5S. The highest BCUT2D eigenvalue weighted by atomic mass is 32.2. The quantitative estimate of drug-likeness (QED) is 0.322. The van der Waals surface area contributed by atoms with Crippen LogP contribution in [0.3, 0.4) is 0 Å². The number of carbonyl (C=O) groups is 3. The lowest BCUT2D eigenvalue weighted by molar-refractivity contribution is -0.142. The highest BCUT2D eigenvalue weighted by Crippen LogP contribution is 2.69. The van der Waals surface area contributed by atoms with Crippen LogP contribution in [0.25, 0.3) is 0 Å². The first-order valence-corrected chi connectivity index (χ1v) is 15.7. The van der Waals surface area contributed by atoms with Crippen molar-refractivity contribution >= 4 is 35.2 Å². The topological polar surface area (TPSA) is 108 Å². The van der Waals surface area contributed by atoms with E-state index in [4.69, 9.17) is 4.74 Å². The van der Waals surface area contributed by atoms with E-state index in [9.17, 15) is 19.5 Å². The number of unbranched alkanes of at least 4 members (excludes halogenated alkanes) is 2. The Balaban J connectivity index is 1.49. The monoisotopic (exact) mass is 579 g/mol. The molecule has 3 aliphatic heterocycles. The maximum Gasteiger partial charge on any atom is 0.244 e. The maximum absolute atomic E-state index is 14.5. The lowest BCUT2D eigenvalue weighted by atomic mass is 9.66. The Morgan fingerprint density at radius 3 is 2.49 bits per heavy atom. The van der Waals surface area contributed by atoms with E-state index in [1.54, 1.807) is 28.8 Å². The van der Waals surface area contributed by atoms with Crippen LogP contribution in [-0.2, 0) is 14.4 Å². The zero-order chi connectivity index (χ0) is 29.1. The lowest BCUT2D eigenvalue weighted by Crippen LogP contribution is -2.57. The number of thioether (sulfide) groups is 1. The predicted octanol–water partition coefficient (Wildman–Crippen LogP) is 4.40. The third-order valence-electron chi connectivity index (χ3n) is 8.94. The number of likely N-dealkylation sites (tertiary alicyclic amines) is 1. The molecule has 2 bridgehead atoms. The number of hydrogen-bond donors (Lipinski definition) is 3. The molecule has 220 valence electrons. The fourth-order valence-electron chi connectivity index (χ4n) is 7.13. The largest absolute Gasteiger partial charge is 0.494 e. The number of anilines is 1. The molecule has 8 nitrogen and oxygen atoms in total. The van der Waals surface area contributed by atoms with E-state index < -0.39 is 28.7 Å². The van der Waals surface area contributed by atoms with E-state index in [2.05, 4.69) is 24.5 Å². The van der Waals surface area contributed by atoms with Gasteiger partial charge in [0.05, 0.1) is 35.8 Å². The zero-order valence-electron chi connectivity index (χ0n) is 24.0. The third-order valence-corrected chi connectivity index (χ3v) is 11.0. The minimum Gasteiger partial charge on any atom is -0.494 e. The normalized spacial score (nSPS) is 28.8. The molecule has 3 aliphatic rings. The van der Waals surface area contributed by atoms with Gasteiger partial charge < -0.3 is 25.4 Å².